The number of thiophene rings is 1. The number of hydrogen-bond acceptors (Lipinski definition) is 10. The first-order valence-electron chi connectivity index (χ1n) is 9.08. The second-order valence-corrected chi connectivity index (χ2v) is 7.05. The van der Waals surface area contributed by atoms with Crippen LogP contribution in [0.25, 0.3) is 0 Å². The van der Waals surface area contributed by atoms with Crippen LogP contribution in [0.4, 0.5) is 5.00 Å². The molecule has 0 aliphatic rings. The van der Waals surface area contributed by atoms with E-state index >= 15 is 0 Å². The SMILES string of the molecule is CCOC(=O)c1sc(NC(=O)COC(=O)c2c(C)noc2C)c(C(=O)OCC)c1C. The van der Waals surface area contributed by atoms with Crippen LogP contribution in [0.15, 0.2) is 4.52 Å². The average Bonchev–Trinajstić information content (AvgIpc) is 3.19. The van der Waals surface area contributed by atoms with Gasteiger partial charge in [0.05, 0.1) is 24.5 Å². The van der Waals surface area contributed by atoms with Crippen LogP contribution in [0.1, 0.15) is 61.3 Å². The van der Waals surface area contributed by atoms with Gasteiger partial charge in [-0.15, -0.1) is 11.3 Å². The molecule has 0 aromatic carbocycles. The van der Waals surface area contributed by atoms with E-state index in [1.807, 2.05) is 0 Å². The maximum Gasteiger partial charge on any atom is 0.348 e. The Morgan fingerprint density at radius 2 is 1.53 bits per heavy atom. The summed E-state index contributed by atoms with van der Waals surface area (Å²) in [7, 11) is 0. The molecular formula is C19H22N2O8S. The number of carbonyl (C=O) groups excluding carboxylic acids is 4. The van der Waals surface area contributed by atoms with Crippen LogP contribution in [0, 0.1) is 20.8 Å². The van der Waals surface area contributed by atoms with Crippen molar-refractivity contribution in [1.29, 1.82) is 0 Å². The molecular weight excluding hydrogens is 416 g/mol. The first kappa shape index (κ1) is 23.1. The maximum absolute atomic E-state index is 12.3. The van der Waals surface area contributed by atoms with Gasteiger partial charge >= 0.3 is 17.9 Å². The topological polar surface area (TPSA) is 134 Å². The molecule has 0 saturated carbocycles. The largest absolute Gasteiger partial charge is 0.462 e. The highest BCUT2D eigenvalue weighted by Crippen LogP contribution is 2.34. The van der Waals surface area contributed by atoms with Crippen molar-refractivity contribution in [3.63, 3.8) is 0 Å². The molecule has 162 valence electrons. The molecule has 30 heavy (non-hydrogen) atoms. The molecule has 0 aliphatic carbocycles. The lowest BCUT2D eigenvalue weighted by molar-refractivity contribution is -0.119. The Kier molecular flexibility index (Phi) is 7.70. The zero-order chi connectivity index (χ0) is 22.4. The van der Waals surface area contributed by atoms with Gasteiger partial charge in [-0.25, -0.2) is 14.4 Å². The van der Waals surface area contributed by atoms with E-state index in [0.717, 1.165) is 11.3 Å². The van der Waals surface area contributed by atoms with Crippen molar-refractivity contribution < 1.29 is 37.9 Å². The number of rotatable bonds is 8. The molecule has 10 nitrogen and oxygen atoms in total. The Bertz CT molecular complexity index is 956. The molecule has 0 aliphatic heterocycles. The zero-order valence-electron chi connectivity index (χ0n) is 17.2. The molecule has 2 aromatic rings. The lowest BCUT2D eigenvalue weighted by atomic mass is 10.1. The van der Waals surface area contributed by atoms with Crippen LogP contribution in [-0.2, 0) is 19.0 Å². The van der Waals surface area contributed by atoms with Gasteiger partial charge in [-0.2, -0.15) is 0 Å². The van der Waals surface area contributed by atoms with E-state index in [0.29, 0.717) is 11.3 Å². The number of aromatic nitrogens is 1. The van der Waals surface area contributed by atoms with Crippen molar-refractivity contribution in [2.75, 3.05) is 25.1 Å². The quantitative estimate of drug-likeness (QED) is 0.487. The second kappa shape index (κ2) is 10.0. The smallest absolute Gasteiger partial charge is 0.348 e. The average molecular weight is 438 g/mol. The van der Waals surface area contributed by atoms with Gasteiger partial charge < -0.3 is 24.1 Å². The van der Waals surface area contributed by atoms with E-state index in [4.69, 9.17) is 18.7 Å². The molecule has 0 saturated heterocycles. The van der Waals surface area contributed by atoms with Crippen molar-refractivity contribution in [1.82, 2.24) is 5.16 Å². The molecule has 0 unspecified atom stereocenters. The lowest BCUT2D eigenvalue weighted by Gasteiger charge is -2.08. The molecule has 0 radical (unpaired) electrons. The number of aryl methyl sites for hydroxylation is 2. The van der Waals surface area contributed by atoms with Crippen molar-refractivity contribution in [3.05, 3.63) is 33.0 Å². The molecule has 1 N–H and O–H groups in total. The number of hydrogen-bond donors (Lipinski definition) is 1. The predicted molar refractivity (Wildman–Crippen MR) is 106 cm³/mol. The minimum atomic E-state index is -0.762. The maximum atomic E-state index is 12.3. The Labute approximate surface area is 176 Å². The van der Waals surface area contributed by atoms with Gasteiger partial charge in [0, 0.05) is 0 Å². The first-order valence-corrected chi connectivity index (χ1v) is 9.90. The van der Waals surface area contributed by atoms with E-state index in [2.05, 4.69) is 10.5 Å². The third kappa shape index (κ3) is 5.03. The zero-order valence-corrected chi connectivity index (χ0v) is 18.1. The highest BCUT2D eigenvalue weighted by Gasteiger charge is 2.28. The predicted octanol–water partition coefficient (Wildman–Crippen LogP) is 2.81. The normalized spacial score (nSPS) is 10.4. The van der Waals surface area contributed by atoms with Crippen molar-refractivity contribution in [3.8, 4) is 0 Å². The molecule has 0 atom stereocenters. The van der Waals surface area contributed by atoms with Gasteiger partial charge in [-0.05, 0) is 40.2 Å². The minimum absolute atomic E-state index is 0.0512. The van der Waals surface area contributed by atoms with Gasteiger partial charge in [0.1, 0.15) is 21.2 Å². The Hall–Kier alpha value is -3.21. The van der Waals surface area contributed by atoms with Crippen LogP contribution in [0.2, 0.25) is 0 Å². The van der Waals surface area contributed by atoms with Gasteiger partial charge in [0.2, 0.25) is 0 Å². The molecule has 2 rings (SSSR count). The number of ether oxygens (including phenoxy) is 3. The Balaban J connectivity index is 2.18. The third-order valence-electron chi connectivity index (χ3n) is 3.91. The number of amides is 1. The summed E-state index contributed by atoms with van der Waals surface area (Å²) in [6.45, 7) is 7.63. The summed E-state index contributed by atoms with van der Waals surface area (Å²) >= 11 is 0.881. The summed E-state index contributed by atoms with van der Waals surface area (Å²) in [6, 6.07) is 0. The molecule has 2 aromatic heterocycles. The number of nitrogens with zero attached hydrogens (tertiary/aromatic N) is 1. The summed E-state index contributed by atoms with van der Waals surface area (Å²) in [5.74, 6) is -2.49. The standard InChI is InChI=1S/C19H22N2O8S/c1-6-26-17(23)13-9(3)15(19(25)27-7-2)30-16(13)20-12(22)8-28-18(24)14-10(4)21-29-11(14)5/h6-8H2,1-5H3,(H,20,22). The third-order valence-corrected chi connectivity index (χ3v) is 5.10. The Morgan fingerprint density at radius 1 is 0.933 bits per heavy atom. The summed E-state index contributed by atoms with van der Waals surface area (Å²) in [5, 5.41) is 6.25. The molecule has 11 heteroatoms. The van der Waals surface area contributed by atoms with E-state index < -0.39 is 30.4 Å². The van der Waals surface area contributed by atoms with Gasteiger partial charge in [0.25, 0.3) is 5.91 Å². The minimum Gasteiger partial charge on any atom is -0.462 e. The van der Waals surface area contributed by atoms with Crippen LogP contribution < -0.4 is 5.32 Å². The van der Waals surface area contributed by atoms with Crippen LogP contribution in [-0.4, -0.2) is 48.8 Å². The number of nitrogens with one attached hydrogen (secondary N) is 1. The Morgan fingerprint density at radius 3 is 2.10 bits per heavy atom. The fourth-order valence-electron chi connectivity index (χ4n) is 2.58. The number of anilines is 1. The summed E-state index contributed by atoms with van der Waals surface area (Å²) in [4.78, 5) is 49.1. The summed E-state index contributed by atoms with van der Waals surface area (Å²) < 4.78 is 19.9. The van der Waals surface area contributed by atoms with Gasteiger partial charge in [-0.3, -0.25) is 4.79 Å². The highest BCUT2D eigenvalue weighted by atomic mass is 32.1. The van der Waals surface area contributed by atoms with E-state index in [1.54, 1.807) is 34.6 Å². The summed E-state index contributed by atoms with van der Waals surface area (Å²) in [5.41, 5.74) is 0.872. The molecule has 1 amide bonds. The van der Waals surface area contributed by atoms with Crippen LogP contribution in [0.3, 0.4) is 0 Å². The first-order chi connectivity index (χ1) is 14.2. The molecule has 0 spiro atoms. The van der Waals surface area contributed by atoms with Crippen molar-refractivity contribution in [2.45, 2.75) is 34.6 Å². The van der Waals surface area contributed by atoms with E-state index in [-0.39, 0.29) is 40.0 Å². The van der Waals surface area contributed by atoms with Gasteiger partial charge in [-0.1, -0.05) is 5.16 Å². The van der Waals surface area contributed by atoms with E-state index in [1.165, 1.54) is 0 Å². The summed E-state index contributed by atoms with van der Waals surface area (Å²) in [6.07, 6.45) is 0. The fourth-order valence-corrected chi connectivity index (χ4v) is 3.69. The van der Waals surface area contributed by atoms with E-state index in [9.17, 15) is 19.2 Å². The molecule has 0 bridgehead atoms. The number of esters is 3. The second-order valence-electron chi connectivity index (χ2n) is 6.02. The number of carbonyl (C=O) groups is 4. The van der Waals surface area contributed by atoms with Crippen LogP contribution >= 0.6 is 11.3 Å². The van der Waals surface area contributed by atoms with Crippen molar-refractivity contribution in [2.24, 2.45) is 0 Å². The van der Waals surface area contributed by atoms with Crippen LogP contribution in [0.5, 0.6) is 0 Å². The van der Waals surface area contributed by atoms with Gasteiger partial charge in [0.15, 0.2) is 6.61 Å². The van der Waals surface area contributed by atoms with Crippen molar-refractivity contribution >= 4 is 40.2 Å². The fraction of sp³-hybridized carbons (Fsp3) is 0.421. The highest BCUT2D eigenvalue weighted by molar-refractivity contribution is 7.18. The molecule has 0 fully saturated rings. The monoisotopic (exact) mass is 438 g/mol. The molecule has 2 heterocycles. The lowest BCUT2D eigenvalue weighted by Crippen LogP contribution is -2.22.